The highest BCUT2D eigenvalue weighted by atomic mass is 19.1. The van der Waals surface area contributed by atoms with Crippen molar-refractivity contribution in [2.75, 3.05) is 32.6 Å². The van der Waals surface area contributed by atoms with E-state index in [2.05, 4.69) is 5.32 Å². The van der Waals surface area contributed by atoms with Crippen LogP contribution in [-0.4, -0.2) is 38.1 Å². The van der Waals surface area contributed by atoms with E-state index in [1.807, 2.05) is 25.1 Å². The SMILES string of the molecule is CCOc1ccc(CN(C)CC(=O)Nc2ccc(F)cc2F)cc1OC. The van der Waals surface area contributed by atoms with E-state index in [1.54, 1.807) is 19.1 Å². The highest BCUT2D eigenvalue weighted by Crippen LogP contribution is 2.28. The summed E-state index contributed by atoms with van der Waals surface area (Å²) in [5.74, 6) is -0.614. The van der Waals surface area contributed by atoms with Crippen LogP contribution in [0, 0.1) is 11.6 Å². The lowest BCUT2D eigenvalue weighted by Gasteiger charge is -2.18. The lowest BCUT2D eigenvalue weighted by atomic mass is 10.2. The maximum atomic E-state index is 13.6. The van der Waals surface area contributed by atoms with Gasteiger partial charge in [0, 0.05) is 12.6 Å². The Balaban J connectivity index is 1.95. The number of likely N-dealkylation sites (N-methyl/N-ethyl adjacent to an activating group) is 1. The lowest BCUT2D eigenvalue weighted by Crippen LogP contribution is -2.30. The molecule has 0 fully saturated rings. The van der Waals surface area contributed by atoms with Gasteiger partial charge in [-0.2, -0.15) is 0 Å². The lowest BCUT2D eigenvalue weighted by molar-refractivity contribution is -0.117. The number of nitrogens with one attached hydrogen (secondary N) is 1. The van der Waals surface area contributed by atoms with Crippen molar-refractivity contribution in [2.24, 2.45) is 0 Å². The Bertz CT molecular complexity index is 768. The number of rotatable bonds is 8. The first-order valence-corrected chi connectivity index (χ1v) is 8.16. The molecule has 2 rings (SSSR count). The monoisotopic (exact) mass is 364 g/mol. The van der Waals surface area contributed by atoms with Crippen LogP contribution in [0.4, 0.5) is 14.5 Å². The van der Waals surface area contributed by atoms with Gasteiger partial charge < -0.3 is 14.8 Å². The molecule has 0 aliphatic rings. The number of nitrogens with zero attached hydrogens (tertiary/aromatic N) is 1. The minimum atomic E-state index is -0.808. The molecule has 0 spiro atoms. The first-order valence-electron chi connectivity index (χ1n) is 8.16. The second-order valence-corrected chi connectivity index (χ2v) is 5.76. The number of carbonyl (C=O) groups is 1. The van der Waals surface area contributed by atoms with E-state index in [-0.39, 0.29) is 12.2 Å². The predicted molar refractivity (Wildman–Crippen MR) is 95.5 cm³/mol. The van der Waals surface area contributed by atoms with Crippen LogP contribution < -0.4 is 14.8 Å². The fraction of sp³-hybridized carbons (Fsp3) is 0.316. The molecule has 5 nitrogen and oxygen atoms in total. The summed E-state index contributed by atoms with van der Waals surface area (Å²) in [6.45, 7) is 2.97. The third-order valence-corrected chi connectivity index (χ3v) is 3.60. The minimum Gasteiger partial charge on any atom is -0.493 e. The standard InChI is InChI=1S/C19H22F2N2O3/c1-4-26-17-8-5-13(9-18(17)25-3)11-23(2)12-19(24)22-16-7-6-14(20)10-15(16)21/h5-10H,4,11-12H2,1-3H3,(H,22,24). The molecular weight excluding hydrogens is 342 g/mol. The normalized spacial score (nSPS) is 10.7. The molecule has 0 aliphatic heterocycles. The van der Waals surface area contributed by atoms with Crippen LogP contribution in [0.5, 0.6) is 11.5 Å². The maximum Gasteiger partial charge on any atom is 0.238 e. The predicted octanol–water partition coefficient (Wildman–Crippen LogP) is 3.44. The molecule has 2 aromatic rings. The van der Waals surface area contributed by atoms with Crippen LogP contribution in [0.1, 0.15) is 12.5 Å². The van der Waals surface area contributed by atoms with Crippen molar-refractivity contribution in [3.05, 3.63) is 53.6 Å². The Morgan fingerprint density at radius 3 is 2.58 bits per heavy atom. The van der Waals surface area contributed by atoms with Gasteiger partial charge in [-0.3, -0.25) is 9.69 Å². The molecular formula is C19H22F2N2O3. The van der Waals surface area contributed by atoms with E-state index in [1.165, 1.54) is 6.07 Å². The third-order valence-electron chi connectivity index (χ3n) is 3.60. The molecule has 26 heavy (non-hydrogen) atoms. The van der Waals surface area contributed by atoms with Crippen molar-refractivity contribution >= 4 is 11.6 Å². The second-order valence-electron chi connectivity index (χ2n) is 5.76. The molecule has 0 heterocycles. The largest absolute Gasteiger partial charge is 0.493 e. The van der Waals surface area contributed by atoms with Gasteiger partial charge in [-0.15, -0.1) is 0 Å². The maximum absolute atomic E-state index is 13.6. The van der Waals surface area contributed by atoms with E-state index in [0.29, 0.717) is 24.7 Å². The number of carbonyl (C=O) groups excluding carboxylic acids is 1. The number of halogens is 2. The number of benzene rings is 2. The molecule has 0 bridgehead atoms. The minimum absolute atomic E-state index is 0.0480. The molecule has 0 aliphatic carbocycles. The summed E-state index contributed by atoms with van der Waals surface area (Å²) in [7, 11) is 3.33. The van der Waals surface area contributed by atoms with E-state index in [9.17, 15) is 13.6 Å². The van der Waals surface area contributed by atoms with Gasteiger partial charge >= 0.3 is 0 Å². The zero-order chi connectivity index (χ0) is 19.1. The molecule has 0 atom stereocenters. The van der Waals surface area contributed by atoms with Crippen LogP contribution in [0.15, 0.2) is 36.4 Å². The molecule has 0 radical (unpaired) electrons. The van der Waals surface area contributed by atoms with Crippen LogP contribution in [-0.2, 0) is 11.3 Å². The summed E-state index contributed by atoms with van der Waals surface area (Å²) in [6, 6.07) is 8.57. The average molecular weight is 364 g/mol. The van der Waals surface area contributed by atoms with Crippen molar-refractivity contribution in [3.8, 4) is 11.5 Å². The number of anilines is 1. The van der Waals surface area contributed by atoms with Crippen LogP contribution in [0.2, 0.25) is 0 Å². The van der Waals surface area contributed by atoms with E-state index < -0.39 is 17.5 Å². The molecule has 0 unspecified atom stereocenters. The number of amides is 1. The molecule has 0 saturated carbocycles. The Hall–Kier alpha value is -2.67. The molecule has 1 N–H and O–H groups in total. The summed E-state index contributed by atoms with van der Waals surface area (Å²) in [5.41, 5.74) is 0.890. The van der Waals surface area contributed by atoms with Crippen molar-refractivity contribution in [3.63, 3.8) is 0 Å². The zero-order valence-corrected chi connectivity index (χ0v) is 15.0. The van der Waals surface area contributed by atoms with Crippen molar-refractivity contribution in [1.82, 2.24) is 4.90 Å². The third kappa shape index (κ3) is 5.42. The average Bonchev–Trinajstić information content (AvgIpc) is 2.58. The second kappa shape index (κ2) is 9.15. The zero-order valence-electron chi connectivity index (χ0n) is 15.0. The Kier molecular flexibility index (Phi) is 6.91. The fourth-order valence-electron chi connectivity index (χ4n) is 2.48. The first kappa shape index (κ1) is 19.7. The first-order chi connectivity index (χ1) is 12.4. The summed E-state index contributed by atoms with van der Waals surface area (Å²) in [5, 5.41) is 2.44. The van der Waals surface area contributed by atoms with Crippen molar-refractivity contribution < 1.29 is 23.0 Å². The summed E-state index contributed by atoms with van der Waals surface area (Å²) in [4.78, 5) is 13.8. The van der Waals surface area contributed by atoms with Crippen LogP contribution in [0.3, 0.4) is 0 Å². The number of hydrogen-bond donors (Lipinski definition) is 1. The van der Waals surface area contributed by atoms with Gasteiger partial charge in [-0.1, -0.05) is 6.07 Å². The van der Waals surface area contributed by atoms with E-state index >= 15 is 0 Å². The Morgan fingerprint density at radius 1 is 1.15 bits per heavy atom. The molecule has 0 saturated heterocycles. The fourth-order valence-corrected chi connectivity index (χ4v) is 2.48. The topological polar surface area (TPSA) is 50.8 Å². The quantitative estimate of drug-likeness (QED) is 0.780. The number of ether oxygens (including phenoxy) is 2. The van der Waals surface area contributed by atoms with Crippen molar-refractivity contribution in [1.29, 1.82) is 0 Å². The number of hydrogen-bond acceptors (Lipinski definition) is 4. The van der Waals surface area contributed by atoms with Crippen LogP contribution >= 0.6 is 0 Å². The summed E-state index contributed by atoms with van der Waals surface area (Å²) >= 11 is 0. The molecule has 1 amide bonds. The highest BCUT2D eigenvalue weighted by molar-refractivity contribution is 5.92. The smallest absolute Gasteiger partial charge is 0.238 e. The van der Waals surface area contributed by atoms with Crippen molar-refractivity contribution in [2.45, 2.75) is 13.5 Å². The van der Waals surface area contributed by atoms with Gasteiger partial charge in [0.1, 0.15) is 11.6 Å². The molecule has 2 aromatic carbocycles. The summed E-state index contributed by atoms with van der Waals surface area (Å²) in [6.07, 6.45) is 0. The van der Waals surface area contributed by atoms with Gasteiger partial charge in [-0.25, -0.2) is 8.78 Å². The molecule has 0 aromatic heterocycles. The Labute approximate surface area is 151 Å². The van der Waals surface area contributed by atoms with Crippen LogP contribution in [0.25, 0.3) is 0 Å². The van der Waals surface area contributed by atoms with E-state index in [4.69, 9.17) is 9.47 Å². The Morgan fingerprint density at radius 2 is 1.92 bits per heavy atom. The number of methoxy groups -OCH3 is 1. The van der Waals surface area contributed by atoms with Gasteiger partial charge in [0.2, 0.25) is 5.91 Å². The van der Waals surface area contributed by atoms with Gasteiger partial charge in [-0.05, 0) is 43.8 Å². The van der Waals surface area contributed by atoms with E-state index in [0.717, 1.165) is 17.7 Å². The molecule has 140 valence electrons. The molecule has 7 heteroatoms. The summed E-state index contributed by atoms with van der Waals surface area (Å²) < 4.78 is 37.3. The van der Waals surface area contributed by atoms with Gasteiger partial charge in [0.25, 0.3) is 0 Å². The van der Waals surface area contributed by atoms with Gasteiger partial charge in [0.15, 0.2) is 11.5 Å². The van der Waals surface area contributed by atoms with Gasteiger partial charge in [0.05, 0.1) is 25.9 Å². The highest BCUT2D eigenvalue weighted by Gasteiger charge is 2.12.